The van der Waals surface area contributed by atoms with Crippen molar-refractivity contribution >= 4 is 21.9 Å². The normalized spacial score (nSPS) is 11.3. The van der Waals surface area contributed by atoms with E-state index < -0.39 is 0 Å². The van der Waals surface area contributed by atoms with Crippen LogP contribution in [0, 0.1) is 0 Å². The lowest BCUT2D eigenvalue weighted by Gasteiger charge is -2.14. The van der Waals surface area contributed by atoms with E-state index in [0.717, 1.165) is 72.0 Å². The predicted octanol–water partition coefficient (Wildman–Crippen LogP) is 13.4. The summed E-state index contributed by atoms with van der Waals surface area (Å²) in [5.41, 5.74) is 13.3. The third kappa shape index (κ3) is 6.16. The number of hydrogen-bond acceptors (Lipinski definition) is 4. The predicted molar refractivity (Wildman–Crippen MR) is 225 cm³/mol. The molecule has 0 saturated carbocycles. The molecular formula is C51H33N3O. The second-order valence-electron chi connectivity index (χ2n) is 13.6. The zero-order valence-corrected chi connectivity index (χ0v) is 29.8. The Kier molecular flexibility index (Phi) is 8.12. The Hall–Kier alpha value is -7.43. The lowest BCUT2D eigenvalue weighted by Crippen LogP contribution is -2.02. The minimum atomic E-state index is 0.601. The molecule has 4 nitrogen and oxygen atoms in total. The maximum atomic E-state index is 6.25. The largest absolute Gasteiger partial charge is 0.456 e. The number of nitrogens with zero attached hydrogens (tertiary/aromatic N) is 3. The SMILES string of the molecule is c1ccc(-c2ccc(-c3ccccc3-c3nc(-c4cccc(-c5ccc6c(c5)oc5ccccc56)c4)nc(-c4ccccc4-c4ccccc4)n3)cc2)cc1. The number of para-hydroxylation sites is 1. The summed E-state index contributed by atoms with van der Waals surface area (Å²) in [5.74, 6) is 1.83. The highest BCUT2D eigenvalue weighted by Crippen LogP contribution is 2.37. The summed E-state index contributed by atoms with van der Waals surface area (Å²) in [4.78, 5) is 15.7. The zero-order chi connectivity index (χ0) is 36.6. The number of aromatic nitrogens is 3. The smallest absolute Gasteiger partial charge is 0.164 e. The van der Waals surface area contributed by atoms with Crippen molar-refractivity contribution in [2.45, 2.75) is 0 Å². The maximum Gasteiger partial charge on any atom is 0.164 e. The minimum absolute atomic E-state index is 0.601. The van der Waals surface area contributed by atoms with Crippen molar-refractivity contribution in [3.63, 3.8) is 0 Å². The lowest BCUT2D eigenvalue weighted by molar-refractivity contribution is 0.669. The lowest BCUT2D eigenvalue weighted by atomic mass is 9.96. The minimum Gasteiger partial charge on any atom is -0.456 e. The van der Waals surface area contributed by atoms with Crippen molar-refractivity contribution in [2.75, 3.05) is 0 Å². The molecule has 0 saturated heterocycles. The van der Waals surface area contributed by atoms with E-state index in [1.807, 2.05) is 42.5 Å². The molecule has 0 aliphatic carbocycles. The van der Waals surface area contributed by atoms with Crippen LogP contribution in [0.25, 0.3) is 101 Å². The first-order chi connectivity index (χ1) is 27.2. The fourth-order valence-electron chi connectivity index (χ4n) is 7.44. The van der Waals surface area contributed by atoms with Gasteiger partial charge in [0.2, 0.25) is 0 Å². The van der Waals surface area contributed by atoms with E-state index in [2.05, 4.69) is 158 Å². The molecule has 2 heterocycles. The van der Waals surface area contributed by atoms with Crippen LogP contribution in [0.15, 0.2) is 205 Å². The van der Waals surface area contributed by atoms with Gasteiger partial charge in [0.25, 0.3) is 0 Å². The number of benzene rings is 8. The molecule has 0 bridgehead atoms. The standard InChI is InChI=1S/C51H33N3O/c1-3-14-34(15-4-1)35-26-28-37(29-27-35)42-21-8-10-24-46(42)51-53-49(52-50(54-51)45-23-9-7-20-41(45)36-16-5-2-6-17-36)40-19-13-18-38(32-40)39-30-31-44-43-22-11-12-25-47(43)55-48(44)33-39/h1-33H. The summed E-state index contributed by atoms with van der Waals surface area (Å²) in [5, 5.41) is 2.22. The second-order valence-corrected chi connectivity index (χ2v) is 13.6. The molecule has 0 spiro atoms. The van der Waals surface area contributed by atoms with Crippen LogP contribution in [0.5, 0.6) is 0 Å². The number of furan rings is 1. The van der Waals surface area contributed by atoms with E-state index >= 15 is 0 Å². The van der Waals surface area contributed by atoms with Gasteiger partial charge in [0, 0.05) is 27.5 Å². The quantitative estimate of drug-likeness (QED) is 0.166. The molecule has 258 valence electrons. The molecule has 55 heavy (non-hydrogen) atoms. The third-order valence-electron chi connectivity index (χ3n) is 10.2. The summed E-state index contributed by atoms with van der Waals surface area (Å²) < 4.78 is 6.25. The van der Waals surface area contributed by atoms with Gasteiger partial charge < -0.3 is 4.42 Å². The second kappa shape index (κ2) is 13.8. The Morgan fingerprint density at radius 1 is 0.255 bits per heavy atom. The van der Waals surface area contributed by atoms with E-state index in [1.54, 1.807) is 0 Å². The van der Waals surface area contributed by atoms with Crippen LogP contribution >= 0.6 is 0 Å². The summed E-state index contributed by atoms with van der Waals surface area (Å²) in [6.45, 7) is 0. The molecule has 4 heteroatoms. The number of hydrogen-bond donors (Lipinski definition) is 0. The first-order valence-electron chi connectivity index (χ1n) is 18.4. The van der Waals surface area contributed by atoms with Gasteiger partial charge in [-0.05, 0) is 68.8 Å². The fraction of sp³-hybridized carbons (Fsp3) is 0. The third-order valence-corrected chi connectivity index (χ3v) is 10.2. The summed E-state index contributed by atoms with van der Waals surface area (Å²) in [6.07, 6.45) is 0. The molecule has 0 fully saturated rings. The maximum absolute atomic E-state index is 6.25. The van der Waals surface area contributed by atoms with Crippen LogP contribution in [0.4, 0.5) is 0 Å². The van der Waals surface area contributed by atoms with Crippen molar-refractivity contribution in [1.82, 2.24) is 15.0 Å². The molecule has 0 aliphatic rings. The van der Waals surface area contributed by atoms with E-state index in [0.29, 0.717) is 17.5 Å². The Bertz CT molecular complexity index is 2970. The monoisotopic (exact) mass is 703 g/mol. The van der Waals surface area contributed by atoms with Gasteiger partial charge in [-0.3, -0.25) is 0 Å². The van der Waals surface area contributed by atoms with Gasteiger partial charge in [-0.1, -0.05) is 176 Å². The van der Waals surface area contributed by atoms with Gasteiger partial charge in [-0.15, -0.1) is 0 Å². The molecule has 10 aromatic rings. The molecule has 10 rings (SSSR count). The topological polar surface area (TPSA) is 51.8 Å². The van der Waals surface area contributed by atoms with Gasteiger partial charge in [0.05, 0.1) is 0 Å². The first-order valence-corrected chi connectivity index (χ1v) is 18.4. The molecule has 0 unspecified atom stereocenters. The Labute approximate surface area is 319 Å². The fourth-order valence-corrected chi connectivity index (χ4v) is 7.44. The van der Waals surface area contributed by atoms with Gasteiger partial charge >= 0.3 is 0 Å². The van der Waals surface area contributed by atoms with Crippen LogP contribution in [-0.4, -0.2) is 15.0 Å². The molecule has 0 atom stereocenters. The van der Waals surface area contributed by atoms with Crippen molar-refractivity contribution in [2.24, 2.45) is 0 Å². The van der Waals surface area contributed by atoms with E-state index in [-0.39, 0.29) is 0 Å². The van der Waals surface area contributed by atoms with Crippen molar-refractivity contribution < 1.29 is 4.42 Å². The van der Waals surface area contributed by atoms with Crippen molar-refractivity contribution in [1.29, 1.82) is 0 Å². The highest BCUT2D eigenvalue weighted by atomic mass is 16.3. The zero-order valence-electron chi connectivity index (χ0n) is 29.8. The van der Waals surface area contributed by atoms with Crippen LogP contribution in [-0.2, 0) is 0 Å². The molecule has 0 N–H and O–H groups in total. The van der Waals surface area contributed by atoms with Gasteiger partial charge in [0.15, 0.2) is 17.5 Å². The van der Waals surface area contributed by atoms with Crippen LogP contribution in [0.2, 0.25) is 0 Å². The number of rotatable bonds is 7. The summed E-state index contributed by atoms with van der Waals surface area (Å²) in [6, 6.07) is 69.3. The Balaban J connectivity index is 1.12. The molecule has 0 radical (unpaired) electrons. The van der Waals surface area contributed by atoms with Crippen LogP contribution in [0.1, 0.15) is 0 Å². The molecular weight excluding hydrogens is 671 g/mol. The van der Waals surface area contributed by atoms with E-state index in [9.17, 15) is 0 Å². The van der Waals surface area contributed by atoms with Crippen LogP contribution in [0.3, 0.4) is 0 Å². The van der Waals surface area contributed by atoms with Crippen LogP contribution < -0.4 is 0 Å². The Morgan fingerprint density at radius 3 is 1.38 bits per heavy atom. The van der Waals surface area contributed by atoms with Gasteiger partial charge in [0.1, 0.15) is 11.2 Å². The van der Waals surface area contributed by atoms with E-state index in [1.165, 1.54) is 11.1 Å². The Morgan fingerprint density at radius 2 is 0.691 bits per heavy atom. The summed E-state index contributed by atoms with van der Waals surface area (Å²) in [7, 11) is 0. The molecule has 0 amide bonds. The highest BCUT2D eigenvalue weighted by Gasteiger charge is 2.18. The number of fused-ring (bicyclic) bond motifs is 3. The molecule has 2 aromatic heterocycles. The average molecular weight is 704 g/mol. The van der Waals surface area contributed by atoms with Gasteiger partial charge in [-0.2, -0.15) is 0 Å². The summed E-state index contributed by atoms with van der Waals surface area (Å²) >= 11 is 0. The van der Waals surface area contributed by atoms with Crippen molar-refractivity contribution in [3.05, 3.63) is 200 Å². The molecule has 8 aromatic carbocycles. The van der Waals surface area contributed by atoms with Gasteiger partial charge in [-0.25, -0.2) is 15.0 Å². The van der Waals surface area contributed by atoms with Crippen molar-refractivity contribution in [3.8, 4) is 78.7 Å². The van der Waals surface area contributed by atoms with E-state index in [4.69, 9.17) is 19.4 Å². The molecule has 0 aliphatic heterocycles. The highest BCUT2D eigenvalue weighted by molar-refractivity contribution is 6.06. The first kappa shape index (κ1) is 32.2. The average Bonchev–Trinajstić information content (AvgIpc) is 3.65.